The first kappa shape index (κ1) is 12.6. The number of rotatable bonds is 5. The molecule has 1 aromatic carbocycles. The Morgan fingerprint density at radius 1 is 1.30 bits per heavy atom. The van der Waals surface area contributed by atoms with E-state index >= 15 is 0 Å². The third-order valence-electron chi connectivity index (χ3n) is 3.32. The lowest BCUT2D eigenvalue weighted by Gasteiger charge is -2.13. The fourth-order valence-electron chi connectivity index (χ4n) is 2.20. The second kappa shape index (κ2) is 5.30. The third kappa shape index (κ3) is 2.62. The predicted octanol–water partition coefficient (Wildman–Crippen LogP) is 0.868. The molecule has 0 saturated heterocycles. The van der Waals surface area contributed by atoms with Crippen molar-refractivity contribution in [3.63, 3.8) is 0 Å². The van der Waals surface area contributed by atoms with Gasteiger partial charge in [0.2, 0.25) is 0 Å². The smallest absolute Gasteiger partial charge is 0.310 e. The summed E-state index contributed by atoms with van der Waals surface area (Å²) in [4.78, 5) is 20.8. The van der Waals surface area contributed by atoms with E-state index in [9.17, 15) is 4.79 Å². The van der Waals surface area contributed by atoms with Crippen molar-refractivity contribution in [2.75, 3.05) is 6.54 Å². The molecule has 0 aliphatic rings. The summed E-state index contributed by atoms with van der Waals surface area (Å²) in [5.74, 6) is 0.870. The van der Waals surface area contributed by atoms with Crippen LogP contribution in [0.15, 0.2) is 29.3 Å². The number of hydrogen-bond donors (Lipinski definition) is 4. The summed E-state index contributed by atoms with van der Waals surface area (Å²) in [6, 6.07) is 6.11. The number of aromatic nitrogens is 5. The Balaban J connectivity index is 1.65. The Hall–Kier alpha value is -2.41. The largest absolute Gasteiger partial charge is 0.323 e. The SMILES string of the molecule is CC(NCCc1ncn[nH]1)c1ccc2[nH]c(=O)[nH]c2c1. The maximum atomic E-state index is 11.2. The first-order valence-electron chi connectivity index (χ1n) is 6.52. The third-order valence-corrected chi connectivity index (χ3v) is 3.32. The number of benzene rings is 1. The molecule has 0 aliphatic carbocycles. The van der Waals surface area contributed by atoms with E-state index in [0.717, 1.165) is 35.4 Å². The average molecular weight is 272 g/mol. The lowest BCUT2D eigenvalue weighted by Crippen LogP contribution is -2.21. The number of fused-ring (bicyclic) bond motifs is 1. The highest BCUT2D eigenvalue weighted by Crippen LogP contribution is 2.16. The Kier molecular flexibility index (Phi) is 3.34. The molecule has 1 unspecified atom stereocenters. The van der Waals surface area contributed by atoms with Gasteiger partial charge >= 0.3 is 5.69 Å². The van der Waals surface area contributed by atoms with Crippen LogP contribution in [0.4, 0.5) is 0 Å². The Morgan fingerprint density at radius 2 is 2.15 bits per heavy atom. The van der Waals surface area contributed by atoms with Crippen molar-refractivity contribution >= 4 is 11.0 Å². The normalized spacial score (nSPS) is 12.8. The number of nitrogens with zero attached hydrogens (tertiary/aromatic N) is 2. The van der Waals surface area contributed by atoms with Crippen LogP contribution in [0.1, 0.15) is 24.4 Å². The van der Waals surface area contributed by atoms with E-state index in [1.54, 1.807) is 0 Å². The average Bonchev–Trinajstić information content (AvgIpc) is 3.05. The van der Waals surface area contributed by atoms with Crippen LogP contribution in [0.25, 0.3) is 11.0 Å². The molecule has 3 rings (SSSR count). The van der Waals surface area contributed by atoms with Crippen LogP contribution in [-0.4, -0.2) is 31.7 Å². The molecule has 4 N–H and O–H groups in total. The molecule has 7 nitrogen and oxygen atoms in total. The molecule has 0 aliphatic heterocycles. The van der Waals surface area contributed by atoms with Gasteiger partial charge in [0.1, 0.15) is 12.2 Å². The molecule has 20 heavy (non-hydrogen) atoms. The standard InChI is InChI=1S/C13H16N6O/c1-8(14-5-4-12-15-7-16-19-12)9-2-3-10-11(6-9)18-13(20)17-10/h2-3,6-8,14H,4-5H2,1H3,(H,15,16,19)(H2,17,18,20). The van der Waals surface area contributed by atoms with Crippen molar-refractivity contribution in [1.29, 1.82) is 0 Å². The van der Waals surface area contributed by atoms with Gasteiger partial charge < -0.3 is 15.3 Å². The van der Waals surface area contributed by atoms with Gasteiger partial charge in [0.05, 0.1) is 11.0 Å². The summed E-state index contributed by atoms with van der Waals surface area (Å²) >= 11 is 0. The highest BCUT2D eigenvalue weighted by atomic mass is 16.1. The number of hydrogen-bond acceptors (Lipinski definition) is 4. The molecule has 3 aromatic rings. The van der Waals surface area contributed by atoms with Gasteiger partial charge in [0, 0.05) is 19.0 Å². The Labute approximate surface area is 114 Å². The molecule has 0 saturated carbocycles. The number of aromatic amines is 3. The predicted molar refractivity (Wildman–Crippen MR) is 75.4 cm³/mol. The van der Waals surface area contributed by atoms with Gasteiger partial charge in [-0.05, 0) is 24.6 Å². The van der Waals surface area contributed by atoms with E-state index in [-0.39, 0.29) is 11.7 Å². The zero-order chi connectivity index (χ0) is 13.9. The minimum atomic E-state index is -0.178. The van der Waals surface area contributed by atoms with E-state index in [0.29, 0.717) is 0 Å². The lowest BCUT2D eigenvalue weighted by atomic mass is 10.1. The summed E-state index contributed by atoms with van der Waals surface area (Å²) in [7, 11) is 0. The van der Waals surface area contributed by atoms with Gasteiger partial charge in [0.15, 0.2) is 0 Å². The summed E-state index contributed by atoms with van der Waals surface area (Å²) in [6.45, 7) is 2.89. The van der Waals surface area contributed by atoms with Gasteiger partial charge in [-0.25, -0.2) is 9.78 Å². The van der Waals surface area contributed by atoms with Gasteiger partial charge in [-0.15, -0.1) is 0 Å². The minimum absolute atomic E-state index is 0.178. The summed E-state index contributed by atoms with van der Waals surface area (Å²) in [5.41, 5.74) is 2.61. The topological polar surface area (TPSA) is 102 Å². The summed E-state index contributed by atoms with van der Waals surface area (Å²) in [6.07, 6.45) is 2.31. The second-order valence-corrected chi connectivity index (χ2v) is 4.74. The molecular formula is C13H16N6O. The fraction of sp³-hybridized carbons (Fsp3) is 0.308. The van der Waals surface area contributed by atoms with Gasteiger partial charge in [-0.2, -0.15) is 5.10 Å². The first-order chi connectivity index (χ1) is 9.72. The molecule has 2 aromatic heterocycles. The second-order valence-electron chi connectivity index (χ2n) is 4.74. The van der Waals surface area contributed by atoms with Crippen LogP contribution in [0, 0.1) is 0 Å². The van der Waals surface area contributed by atoms with Crippen molar-refractivity contribution in [3.8, 4) is 0 Å². The molecule has 0 bridgehead atoms. The number of H-pyrrole nitrogens is 3. The first-order valence-corrected chi connectivity index (χ1v) is 6.52. The van der Waals surface area contributed by atoms with Gasteiger partial charge in [0.25, 0.3) is 0 Å². The van der Waals surface area contributed by atoms with E-state index in [1.807, 2.05) is 18.2 Å². The fourth-order valence-corrected chi connectivity index (χ4v) is 2.20. The molecule has 7 heteroatoms. The van der Waals surface area contributed by atoms with Crippen LogP contribution in [-0.2, 0) is 6.42 Å². The molecule has 0 spiro atoms. The number of nitrogens with one attached hydrogen (secondary N) is 4. The molecular weight excluding hydrogens is 256 g/mol. The quantitative estimate of drug-likeness (QED) is 0.553. The molecule has 1 atom stereocenters. The highest BCUT2D eigenvalue weighted by molar-refractivity contribution is 5.75. The van der Waals surface area contributed by atoms with Crippen LogP contribution < -0.4 is 11.0 Å². The van der Waals surface area contributed by atoms with E-state index < -0.39 is 0 Å². The van der Waals surface area contributed by atoms with Crippen molar-refractivity contribution in [2.45, 2.75) is 19.4 Å². The summed E-state index contributed by atoms with van der Waals surface area (Å²) in [5, 5.41) is 10.1. The van der Waals surface area contributed by atoms with Gasteiger partial charge in [-0.1, -0.05) is 6.07 Å². The van der Waals surface area contributed by atoms with Crippen LogP contribution in [0.5, 0.6) is 0 Å². The van der Waals surface area contributed by atoms with Crippen molar-refractivity contribution in [3.05, 3.63) is 46.4 Å². The van der Waals surface area contributed by atoms with Gasteiger partial charge in [-0.3, -0.25) is 5.10 Å². The lowest BCUT2D eigenvalue weighted by molar-refractivity contribution is 0.571. The maximum Gasteiger partial charge on any atom is 0.323 e. The molecule has 0 radical (unpaired) electrons. The zero-order valence-corrected chi connectivity index (χ0v) is 11.1. The Morgan fingerprint density at radius 3 is 2.95 bits per heavy atom. The zero-order valence-electron chi connectivity index (χ0n) is 11.1. The summed E-state index contributed by atoms with van der Waals surface area (Å²) < 4.78 is 0. The van der Waals surface area contributed by atoms with Crippen LogP contribution in [0.3, 0.4) is 0 Å². The molecule has 104 valence electrons. The van der Waals surface area contributed by atoms with E-state index in [4.69, 9.17) is 0 Å². The van der Waals surface area contributed by atoms with E-state index in [1.165, 1.54) is 6.33 Å². The van der Waals surface area contributed by atoms with Crippen LogP contribution in [0.2, 0.25) is 0 Å². The number of imidazole rings is 1. The molecule has 2 heterocycles. The maximum absolute atomic E-state index is 11.2. The van der Waals surface area contributed by atoms with Crippen LogP contribution >= 0.6 is 0 Å². The monoisotopic (exact) mass is 272 g/mol. The highest BCUT2D eigenvalue weighted by Gasteiger charge is 2.07. The van der Waals surface area contributed by atoms with Crippen molar-refractivity contribution in [2.24, 2.45) is 0 Å². The molecule has 0 amide bonds. The van der Waals surface area contributed by atoms with Crippen molar-refractivity contribution < 1.29 is 0 Å². The minimum Gasteiger partial charge on any atom is -0.310 e. The molecule has 0 fully saturated rings. The van der Waals surface area contributed by atoms with E-state index in [2.05, 4.69) is 37.4 Å². The Bertz CT molecular complexity index is 742. The van der Waals surface area contributed by atoms with Crippen molar-refractivity contribution in [1.82, 2.24) is 30.5 Å².